The summed E-state index contributed by atoms with van der Waals surface area (Å²) in [4.78, 5) is 0. The van der Waals surface area contributed by atoms with Gasteiger partial charge in [-0.05, 0) is 19.8 Å². The van der Waals surface area contributed by atoms with E-state index in [9.17, 15) is 48.3 Å². The van der Waals surface area contributed by atoms with E-state index < -0.39 is 79.3 Å². The maximum Gasteiger partial charge on any atom is 0.426 e. The van der Waals surface area contributed by atoms with Crippen molar-refractivity contribution in [1.82, 2.24) is 0 Å². The molecule has 0 radical (unpaired) electrons. The molecule has 1 aliphatic carbocycles. The lowest BCUT2D eigenvalue weighted by atomic mass is 9.83. The molecule has 0 aromatic carbocycles. The van der Waals surface area contributed by atoms with Crippen LogP contribution in [0.5, 0.6) is 0 Å². The van der Waals surface area contributed by atoms with E-state index in [4.69, 9.17) is 5.11 Å². The first kappa shape index (κ1) is 26.2. The lowest BCUT2D eigenvalue weighted by Crippen LogP contribution is -2.59. The van der Waals surface area contributed by atoms with Crippen molar-refractivity contribution in [3.8, 4) is 0 Å². The van der Waals surface area contributed by atoms with Crippen LogP contribution in [0.4, 0.5) is 48.3 Å². The maximum atomic E-state index is 14.7. The molecule has 4 atom stereocenters. The summed E-state index contributed by atoms with van der Waals surface area (Å²) in [5.74, 6) is -13.1. The number of aliphatic hydroxyl groups is 1. The van der Waals surface area contributed by atoms with Crippen molar-refractivity contribution in [3.63, 3.8) is 0 Å². The molecule has 4 unspecified atom stereocenters. The first-order valence-electron chi connectivity index (χ1n) is 8.58. The molecule has 0 spiro atoms. The van der Waals surface area contributed by atoms with Gasteiger partial charge in [-0.1, -0.05) is 6.92 Å². The number of rotatable bonds is 7. The first-order valence-corrected chi connectivity index (χ1v) is 8.58. The molecule has 0 saturated heterocycles. The molecular weight excluding hydrogens is 433 g/mol. The molecule has 1 aliphatic rings. The van der Waals surface area contributed by atoms with Gasteiger partial charge in [0.15, 0.2) is 0 Å². The zero-order chi connectivity index (χ0) is 23.3. The van der Waals surface area contributed by atoms with Gasteiger partial charge in [-0.2, -0.15) is 26.3 Å². The predicted molar refractivity (Wildman–Crippen MR) is 78.4 cm³/mol. The highest BCUT2D eigenvalue weighted by Gasteiger charge is 2.77. The number of ether oxygens (including phenoxy) is 1. The average molecular weight is 454 g/mol. The Morgan fingerprint density at radius 2 is 1.41 bits per heavy atom. The Balaban J connectivity index is 2.98. The molecule has 1 rings (SSSR count). The summed E-state index contributed by atoms with van der Waals surface area (Å²) in [7, 11) is 0. The van der Waals surface area contributed by atoms with E-state index >= 15 is 0 Å². The summed E-state index contributed by atoms with van der Waals surface area (Å²) in [6.45, 7) is 0.559. The maximum absolute atomic E-state index is 14.7. The molecule has 0 aromatic rings. The van der Waals surface area contributed by atoms with Crippen molar-refractivity contribution in [3.05, 3.63) is 0 Å². The summed E-state index contributed by atoms with van der Waals surface area (Å²) < 4.78 is 151. The molecule has 0 aromatic heterocycles. The number of halogens is 11. The minimum Gasteiger partial charge on any atom is -0.378 e. The predicted octanol–water partition coefficient (Wildman–Crippen LogP) is 5.68. The molecule has 1 N–H and O–H groups in total. The van der Waals surface area contributed by atoms with E-state index in [0.29, 0.717) is 6.92 Å². The Kier molecular flexibility index (Phi) is 6.94. The zero-order valence-electron chi connectivity index (χ0n) is 15.6. The second-order valence-corrected chi connectivity index (χ2v) is 7.46. The van der Waals surface area contributed by atoms with Crippen molar-refractivity contribution in [2.75, 3.05) is 6.61 Å². The van der Waals surface area contributed by atoms with E-state index in [1.165, 1.54) is 6.92 Å². The highest BCUT2D eigenvalue weighted by Crippen LogP contribution is 2.60. The lowest BCUT2D eigenvalue weighted by molar-refractivity contribution is -0.374. The van der Waals surface area contributed by atoms with Crippen molar-refractivity contribution < 1.29 is 58.1 Å². The Morgan fingerprint density at radius 1 is 0.966 bits per heavy atom. The molecule has 1 saturated carbocycles. The highest BCUT2D eigenvalue weighted by atomic mass is 19.4. The fourth-order valence-corrected chi connectivity index (χ4v) is 3.64. The standard InChI is InChI=1S/C16H21F11O2/c1-4-9-5-10(14(20,21)13(9,19)11(3,17)18)7-29-8(2)6-12(28,15(22,23)24)16(25,26)27/h8-10,28H,4-7H2,1-3H3. The second kappa shape index (κ2) is 7.69. The number of hydrogen-bond acceptors (Lipinski definition) is 2. The van der Waals surface area contributed by atoms with Crippen LogP contribution in [0.15, 0.2) is 0 Å². The van der Waals surface area contributed by atoms with Crippen LogP contribution >= 0.6 is 0 Å². The van der Waals surface area contributed by atoms with Gasteiger partial charge in [0.25, 0.3) is 17.4 Å². The van der Waals surface area contributed by atoms with Crippen LogP contribution in [-0.2, 0) is 4.74 Å². The van der Waals surface area contributed by atoms with Gasteiger partial charge in [-0.25, -0.2) is 22.0 Å². The van der Waals surface area contributed by atoms with Gasteiger partial charge >= 0.3 is 12.4 Å². The van der Waals surface area contributed by atoms with Crippen molar-refractivity contribution in [2.45, 2.75) is 81.6 Å². The third kappa shape index (κ3) is 4.31. The lowest BCUT2D eigenvalue weighted by Gasteiger charge is -2.37. The van der Waals surface area contributed by atoms with Crippen molar-refractivity contribution in [2.24, 2.45) is 11.8 Å². The summed E-state index contributed by atoms with van der Waals surface area (Å²) >= 11 is 0. The highest BCUT2D eigenvalue weighted by molar-refractivity contribution is 5.14. The largest absolute Gasteiger partial charge is 0.426 e. The Labute approximate surface area is 159 Å². The molecule has 0 aliphatic heterocycles. The van der Waals surface area contributed by atoms with Crippen molar-refractivity contribution in [1.29, 1.82) is 0 Å². The van der Waals surface area contributed by atoms with Gasteiger partial charge in [0, 0.05) is 19.3 Å². The van der Waals surface area contributed by atoms with Crippen LogP contribution in [0.3, 0.4) is 0 Å². The molecule has 1 fully saturated rings. The van der Waals surface area contributed by atoms with Crippen LogP contribution in [-0.4, -0.2) is 53.3 Å². The molecule has 0 amide bonds. The van der Waals surface area contributed by atoms with Crippen LogP contribution in [0.2, 0.25) is 0 Å². The summed E-state index contributed by atoms with van der Waals surface area (Å²) in [6, 6.07) is 0. The van der Waals surface area contributed by atoms with Gasteiger partial charge in [0.1, 0.15) is 0 Å². The number of alkyl halides is 11. The summed E-state index contributed by atoms with van der Waals surface area (Å²) in [5, 5.41) is 9.08. The van der Waals surface area contributed by atoms with Gasteiger partial charge in [-0.3, -0.25) is 0 Å². The second-order valence-electron chi connectivity index (χ2n) is 7.46. The monoisotopic (exact) mass is 454 g/mol. The minimum absolute atomic E-state index is 0.0256. The van der Waals surface area contributed by atoms with Gasteiger partial charge < -0.3 is 9.84 Å². The molecule has 2 nitrogen and oxygen atoms in total. The Bertz CT molecular complexity index is 553. The van der Waals surface area contributed by atoms with Crippen LogP contribution in [0.25, 0.3) is 0 Å². The Morgan fingerprint density at radius 3 is 1.72 bits per heavy atom. The van der Waals surface area contributed by atoms with Crippen LogP contribution < -0.4 is 0 Å². The zero-order valence-corrected chi connectivity index (χ0v) is 15.6. The average Bonchev–Trinajstić information content (AvgIpc) is 2.70. The van der Waals surface area contributed by atoms with E-state index in [-0.39, 0.29) is 6.92 Å². The first-order chi connectivity index (χ1) is 12.7. The molecule has 0 heterocycles. The summed E-state index contributed by atoms with van der Waals surface area (Å²) in [6.07, 6.45) is -17.6. The van der Waals surface area contributed by atoms with E-state index in [2.05, 4.69) is 4.74 Å². The SMILES string of the molecule is CCC1CC(COC(C)CC(O)(C(F)(F)F)C(F)(F)F)C(F)(F)C1(F)C(C)(F)F. The quantitative estimate of drug-likeness (QED) is 0.502. The van der Waals surface area contributed by atoms with Gasteiger partial charge in [0.2, 0.25) is 5.67 Å². The molecule has 174 valence electrons. The van der Waals surface area contributed by atoms with Gasteiger partial charge in [-0.15, -0.1) is 0 Å². The third-order valence-corrected chi connectivity index (χ3v) is 5.36. The van der Waals surface area contributed by atoms with E-state index in [1.54, 1.807) is 0 Å². The van der Waals surface area contributed by atoms with E-state index in [1.807, 2.05) is 0 Å². The molecule has 29 heavy (non-hydrogen) atoms. The van der Waals surface area contributed by atoms with Crippen LogP contribution in [0.1, 0.15) is 40.0 Å². The van der Waals surface area contributed by atoms with E-state index in [0.717, 1.165) is 0 Å². The van der Waals surface area contributed by atoms with Crippen molar-refractivity contribution >= 4 is 0 Å². The summed E-state index contributed by atoms with van der Waals surface area (Å²) in [5.41, 5.74) is -9.41. The molecule has 0 bridgehead atoms. The Hall–Kier alpha value is -0.850. The fraction of sp³-hybridized carbons (Fsp3) is 1.00. The fourth-order valence-electron chi connectivity index (χ4n) is 3.64. The van der Waals surface area contributed by atoms with Gasteiger partial charge in [0.05, 0.1) is 18.6 Å². The normalized spacial score (nSPS) is 29.9. The third-order valence-electron chi connectivity index (χ3n) is 5.36. The minimum atomic E-state index is -6.13. The molecular formula is C16H21F11O2. The smallest absolute Gasteiger partial charge is 0.378 e. The number of hydrogen-bond donors (Lipinski definition) is 1. The van der Waals surface area contributed by atoms with Crippen LogP contribution in [0, 0.1) is 11.8 Å². The molecule has 13 heteroatoms. The topological polar surface area (TPSA) is 29.5 Å².